The van der Waals surface area contributed by atoms with Crippen molar-refractivity contribution in [1.82, 2.24) is 4.90 Å². The van der Waals surface area contributed by atoms with Gasteiger partial charge in [-0.1, -0.05) is 12.1 Å². The summed E-state index contributed by atoms with van der Waals surface area (Å²) in [6.45, 7) is 2.61. The zero-order valence-electron chi connectivity index (χ0n) is 11.9. The van der Waals surface area contributed by atoms with Crippen molar-refractivity contribution in [3.8, 4) is 0 Å². The van der Waals surface area contributed by atoms with Gasteiger partial charge in [0.2, 0.25) is 0 Å². The van der Waals surface area contributed by atoms with Crippen LogP contribution in [0.1, 0.15) is 36.8 Å². The van der Waals surface area contributed by atoms with Gasteiger partial charge in [-0.15, -0.1) is 0 Å². The van der Waals surface area contributed by atoms with Crippen molar-refractivity contribution in [3.05, 3.63) is 35.1 Å². The molecule has 0 radical (unpaired) electrons. The Hall–Kier alpha value is -1.46. The second-order valence-corrected chi connectivity index (χ2v) is 6.26. The highest BCUT2D eigenvalue weighted by Crippen LogP contribution is 2.45. The van der Waals surface area contributed by atoms with Crippen LogP contribution in [0.25, 0.3) is 0 Å². The summed E-state index contributed by atoms with van der Waals surface area (Å²) in [5.74, 6) is -1.74. The second-order valence-electron chi connectivity index (χ2n) is 6.26. The third-order valence-electron chi connectivity index (χ3n) is 4.70. The summed E-state index contributed by atoms with van der Waals surface area (Å²) < 4.78 is 14.2. The minimum absolute atomic E-state index is 0.160. The SMILES string of the molecule is O=C(O)C1CC(O)(c2ccc(CN3CCCC3)c(F)c2)C1. The fourth-order valence-corrected chi connectivity index (χ4v) is 3.31. The fraction of sp³-hybridized carbons (Fsp3) is 0.562. The highest BCUT2D eigenvalue weighted by Gasteiger charge is 2.47. The van der Waals surface area contributed by atoms with Crippen LogP contribution in [-0.2, 0) is 16.9 Å². The average Bonchev–Trinajstić information content (AvgIpc) is 2.90. The average molecular weight is 293 g/mol. The van der Waals surface area contributed by atoms with Crippen LogP contribution in [0.5, 0.6) is 0 Å². The van der Waals surface area contributed by atoms with Gasteiger partial charge < -0.3 is 10.2 Å². The smallest absolute Gasteiger partial charge is 0.306 e. The maximum atomic E-state index is 14.2. The molecule has 5 heteroatoms. The quantitative estimate of drug-likeness (QED) is 0.892. The molecule has 0 amide bonds. The van der Waals surface area contributed by atoms with Gasteiger partial charge in [-0.25, -0.2) is 4.39 Å². The van der Waals surface area contributed by atoms with Gasteiger partial charge in [0.15, 0.2) is 0 Å². The molecular formula is C16H20FNO3. The van der Waals surface area contributed by atoms with Crippen molar-refractivity contribution in [3.63, 3.8) is 0 Å². The number of halogens is 1. The number of carbonyl (C=O) groups is 1. The molecule has 0 aromatic heterocycles. The summed E-state index contributed by atoms with van der Waals surface area (Å²) >= 11 is 0. The maximum absolute atomic E-state index is 14.2. The summed E-state index contributed by atoms with van der Waals surface area (Å²) in [5, 5.41) is 19.2. The van der Waals surface area contributed by atoms with Crippen molar-refractivity contribution in [2.24, 2.45) is 5.92 Å². The lowest BCUT2D eigenvalue weighted by atomic mass is 9.67. The largest absolute Gasteiger partial charge is 0.481 e. The third kappa shape index (κ3) is 2.80. The van der Waals surface area contributed by atoms with Crippen LogP contribution >= 0.6 is 0 Å². The monoisotopic (exact) mass is 293 g/mol. The molecule has 2 aliphatic rings. The van der Waals surface area contributed by atoms with E-state index in [1.807, 2.05) is 0 Å². The number of carboxylic acids is 1. The lowest BCUT2D eigenvalue weighted by molar-refractivity contribution is -0.159. The van der Waals surface area contributed by atoms with Crippen LogP contribution in [0, 0.1) is 11.7 Å². The predicted molar refractivity (Wildman–Crippen MR) is 75.2 cm³/mol. The van der Waals surface area contributed by atoms with Crippen molar-refractivity contribution in [2.45, 2.75) is 37.8 Å². The number of carboxylic acid groups (broad SMARTS) is 1. The summed E-state index contributed by atoms with van der Waals surface area (Å²) in [5.41, 5.74) is -0.0585. The molecule has 1 aliphatic heterocycles. The van der Waals surface area contributed by atoms with Gasteiger partial charge in [-0.2, -0.15) is 0 Å². The number of aliphatic carboxylic acids is 1. The van der Waals surface area contributed by atoms with E-state index < -0.39 is 17.5 Å². The van der Waals surface area contributed by atoms with Crippen LogP contribution < -0.4 is 0 Å². The molecule has 0 atom stereocenters. The highest BCUT2D eigenvalue weighted by atomic mass is 19.1. The first kappa shape index (κ1) is 14.5. The van der Waals surface area contributed by atoms with Crippen molar-refractivity contribution < 1.29 is 19.4 Å². The number of hydrogen-bond acceptors (Lipinski definition) is 3. The molecule has 2 fully saturated rings. The summed E-state index contributed by atoms with van der Waals surface area (Å²) in [6, 6.07) is 4.81. The Labute approximate surface area is 123 Å². The van der Waals surface area contributed by atoms with Gasteiger partial charge in [0.1, 0.15) is 5.82 Å². The molecule has 0 bridgehead atoms. The molecular weight excluding hydrogens is 273 g/mol. The standard InChI is InChI=1S/C16H20FNO3/c17-14-7-13(16(21)8-12(9-16)15(19)20)4-3-11(14)10-18-5-1-2-6-18/h3-4,7,12,21H,1-2,5-6,8-10H2,(H,19,20). The number of hydrogen-bond donors (Lipinski definition) is 2. The van der Waals surface area contributed by atoms with Gasteiger partial charge >= 0.3 is 5.97 Å². The minimum Gasteiger partial charge on any atom is -0.481 e. The zero-order valence-corrected chi connectivity index (χ0v) is 11.9. The summed E-state index contributed by atoms with van der Waals surface area (Å²) in [6.07, 6.45) is 2.65. The number of benzene rings is 1. The number of nitrogens with zero attached hydrogens (tertiary/aromatic N) is 1. The number of aliphatic hydroxyl groups is 1. The first-order valence-corrected chi connectivity index (χ1v) is 7.44. The molecule has 3 rings (SSSR count). The number of rotatable bonds is 4. The van der Waals surface area contributed by atoms with Crippen molar-refractivity contribution in [1.29, 1.82) is 0 Å². The topological polar surface area (TPSA) is 60.8 Å². The molecule has 1 saturated carbocycles. The minimum atomic E-state index is -1.18. The van der Waals surface area contributed by atoms with Crippen molar-refractivity contribution in [2.75, 3.05) is 13.1 Å². The lowest BCUT2D eigenvalue weighted by Gasteiger charge is -2.42. The lowest BCUT2D eigenvalue weighted by Crippen LogP contribution is -2.44. The van der Waals surface area contributed by atoms with Crippen LogP contribution in [0.3, 0.4) is 0 Å². The second kappa shape index (κ2) is 5.39. The third-order valence-corrected chi connectivity index (χ3v) is 4.70. The van der Waals surface area contributed by atoms with Gasteiger partial charge in [-0.3, -0.25) is 9.69 Å². The van der Waals surface area contributed by atoms with E-state index in [0.717, 1.165) is 25.9 Å². The van der Waals surface area contributed by atoms with Gasteiger partial charge in [-0.05, 0) is 50.4 Å². The molecule has 0 unspecified atom stereocenters. The van der Waals surface area contributed by atoms with E-state index in [-0.39, 0.29) is 18.7 Å². The normalized spacial score (nSPS) is 29.3. The fourth-order valence-electron chi connectivity index (χ4n) is 3.31. The van der Waals surface area contributed by atoms with Crippen molar-refractivity contribution >= 4 is 5.97 Å². The Bertz CT molecular complexity index is 548. The zero-order chi connectivity index (χ0) is 15.0. The van der Waals surface area contributed by atoms with Crippen LogP contribution in [0.2, 0.25) is 0 Å². The molecule has 4 nitrogen and oxygen atoms in total. The summed E-state index contributed by atoms with van der Waals surface area (Å²) in [4.78, 5) is 13.0. The molecule has 2 N–H and O–H groups in total. The Morgan fingerprint density at radius 3 is 2.57 bits per heavy atom. The van der Waals surface area contributed by atoms with E-state index in [2.05, 4.69) is 4.90 Å². The summed E-state index contributed by atoms with van der Waals surface area (Å²) in [7, 11) is 0. The van der Waals surface area contributed by atoms with Gasteiger partial charge in [0, 0.05) is 12.1 Å². The van der Waals surface area contributed by atoms with Gasteiger partial charge in [0.25, 0.3) is 0 Å². The Kier molecular flexibility index (Phi) is 3.71. The van der Waals surface area contributed by atoms with E-state index >= 15 is 0 Å². The molecule has 1 heterocycles. The molecule has 0 spiro atoms. The van der Waals surface area contributed by atoms with Gasteiger partial charge in [0.05, 0.1) is 11.5 Å². The van der Waals surface area contributed by atoms with E-state index in [9.17, 15) is 14.3 Å². The molecule has 21 heavy (non-hydrogen) atoms. The highest BCUT2D eigenvalue weighted by molar-refractivity contribution is 5.71. The van der Waals surface area contributed by atoms with Crippen LogP contribution in [0.15, 0.2) is 18.2 Å². The van der Waals surface area contributed by atoms with E-state index in [4.69, 9.17) is 5.11 Å². The first-order chi connectivity index (χ1) is 9.98. The Morgan fingerprint density at radius 2 is 2.00 bits per heavy atom. The molecule has 1 saturated heterocycles. The molecule has 1 aliphatic carbocycles. The maximum Gasteiger partial charge on any atom is 0.306 e. The van der Waals surface area contributed by atoms with Crippen LogP contribution in [-0.4, -0.2) is 34.2 Å². The van der Waals surface area contributed by atoms with Crippen LogP contribution in [0.4, 0.5) is 4.39 Å². The Balaban J connectivity index is 1.71. The number of likely N-dealkylation sites (tertiary alicyclic amines) is 1. The van der Waals surface area contributed by atoms with E-state index in [1.165, 1.54) is 6.07 Å². The molecule has 1 aromatic carbocycles. The predicted octanol–water partition coefficient (Wildman–Crippen LogP) is 2.10. The first-order valence-electron chi connectivity index (χ1n) is 7.44. The Morgan fingerprint density at radius 1 is 1.33 bits per heavy atom. The molecule has 114 valence electrons. The van der Waals surface area contributed by atoms with E-state index in [0.29, 0.717) is 17.7 Å². The van der Waals surface area contributed by atoms with E-state index in [1.54, 1.807) is 12.1 Å². The molecule has 1 aromatic rings.